The van der Waals surface area contributed by atoms with Gasteiger partial charge in [0.2, 0.25) is 5.91 Å². The fourth-order valence-electron chi connectivity index (χ4n) is 3.25. The molecule has 26 heavy (non-hydrogen) atoms. The fraction of sp³-hybridized carbons (Fsp3) is 0.333. The van der Waals surface area contributed by atoms with Crippen LogP contribution in [-0.2, 0) is 11.2 Å². The third-order valence-electron chi connectivity index (χ3n) is 4.66. The van der Waals surface area contributed by atoms with E-state index in [9.17, 15) is 14.0 Å². The maximum Gasteiger partial charge on any atom is 0.220 e. The Hall–Kier alpha value is -2.69. The minimum atomic E-state index is -0.360. The Morgan fingerprint density at radius 1 is 1.04 bits per heavy atom. The molecule has 0 saturated heterocycles. The van der Waals surface area contributed by atoms with E-state index in [2.05, 4.69) is 28.4 Å². The molecule has 0 radical (unpaired) electrons. The summed E-state index contributed by atoms with van der Waals surface area (Å²) in [5.41, 5.74) is 3.10. The van der Waals surface area contributed by atoms with E-state index in [1.165, 1.54) is 35.5 Å². The Labute approximate surface area is 153 Å². The topological polar surface area (TPSA) is 49.4 Å². The molecule has 5 heteroatoms. The summed E-state index contributed by atoms with van der Waals surface area (Å²) >= 11 is 0. The number of carbonyl (C=O) groups excluding carboxylic acids is 2. The maximum absolute atomic E-state index is 12.9. The highest BCUT2D eigenvalue weighted by molar-refractivity contribution is 5.96. The Bertz CT molecular complexity index is 774. The molecular formula is C21H23FN2O2. The zero-order chi connectivity index (χ0) is 18.4. The highest BCUT2D eigenvalue weighted by Crippen LogP contribution is 2.26. The molecule has 2 aromatic rings. The number of hydrogen-bond acceptors (Lipinski definition) is 3. The molecule has 0 spiro atoms. The van der Waals surface area contributed by atoms with Gasteiger partial charge in [0.05, 0.1) is 0 Å². The number of halogens is 1. The van der Waals surface area contributed by atoms with E-state index in [1.54, 1.807) is 0 Å². The molecule has 3 rings (SSSR count). The first-order chi connectivity index (χ1) is 12.6. The Balaban J connectivity index is 1.33. The number of hydrogen-bond donors (Lipinski definition) is 1. The quantitative estimate of drug-likeness (QED) is 0.740. The Morgan fingerprint density at radius 2 is 1.81 bits per heavy atom. The van der Waals surface area contributed by atoms with Gasteiger partial charge in [0.15, 0.2) is 5.78 Å². The van der Waals surface area contributed by atoms with Gasteiger partial charge < -0.3 is 10.2 Å². The summed E-state index contributed by atoms with van der Waals surface area (Å²) in [6.45, 7) is 2.37. The molecule has 0 atom stereocenters. The van der Waals surface area contributed by atoms with Crippen LogP contribution in [-0.4, -0.2) is 31.3 Å². The van der Waals surface area contributed by atoms with Crippen LogP contribution in [0.15, 0.2) is 48.5 Å². The smallest absolute Gasteiger partial charge is 0.220 e. The molecule has 1 amide bonds. The van der Waals surface area contributed by atoms with Crippen molar-refractivity contribution in [3.8, 4) is 0 Å². The van der Waals surface area contributed by atoms with Crippen molar-refractivity contribution >= 4 is 17.4 Å². The second kappa shape index (κ2) is 8.61. The molecule has 0 bridgehead atoms. The summed E-state index contributed by atoms with van der Waals surface area (Å²) in [6.07, 6.45) is 2.16. The van der Waals surface area contributed by atoms with Crippen molar-refractivity contribution in [1.82, 2.24) is 5.32 Å². The number of fused-ring (bicyclic) bond motifs is 1. The van der Waals surface area contributed by atoms with Gasteiger partial charge in [-0.15, -0.1) is 0 Å². The van der Waals surface area contributed by atoms with Gasteiger partial charge in [0.25, 0.3) is 0 Å². The first-order valence-corrected chi connectivity index (χ1v) is 9.02. The van der Waals surface area contributed by atoms with Crippen molar-refractivity contribution in [1.29, 1.82) is 0 Å². The molecule has 0 fully saturated rings. The van der Waals surface area contributed by atoms with Gasteiger partial charge >= 0.3 is 0 Å². The number of ketones is 1. The Kier molecular flexibility index (Phi) is 6.00. The number of benzene rings is 2. The van der Waals surface area contributed by atoms with Crippen LogP contribution < -0.4 is 10.2 Å². The van der Waals surface area contributed by atoms with Crippen molar-refractivity contribution in [2.24, 2.45) is 0 Å². The largest absolute Gasteiger partial charge is 0.369 e. The minimum Gasteiger partial charge on any atom is -0.369 e. The molecule has 1 heterocycles. The number of Topliss-reactive ketones (excluding diaryl/α,β-unsaturated/α-hetero) is 1. The summed E-state index contributed by atoms with van der Waals surface area (Å²) in [6, 6.07) is 13.9. The average Bonchev–Trinajstić information content (AvgIpc) is 3.05. The van der Waals surface area contributed by atoms with E-state index in [0.717, 1.165) is 19.5 Å². The first kappa shape index (κ1) is 18.1. The van der Waals surface area contributed by atoms with E-state index in [4.69, 9.17) is 0 Å². The molecule has 136 valence electrons. The van der Waals surface area contributed by atoms with Gasteiger partial charge in [-0.05, 0) is 48.7 Å². The summed E-state index contributed by atoms with van der Waals surface area (Å²) in [5.74, 6) is -0.461. The number of anilines is 1. The van der Waals surface area contributed by atoms with Crippen molar-refractivity contribution < 1.29 is 14.0 Å². The lowest BCUT2D eigenvalue weighted by Crippen LogP contribution is -2.34. The van der Waals surface area contributed by atoms with Gasteiger partial charge in [-0.3, -0.25) is 9.59 Å². The van der Waals surface area contributed by atoms with Crippen LogP contribution in [0.2, 0.25) is 0 Å². The SMILES string of the molecule is O=C(CCCC(=O)c1ccc(F)cc1)NCCN1CCc2ccccc21. The molecule has 4 nitrogen and oxygen atoms in total. The fourth-order valence-corrected chi connectivity index (χ4v) is 3.25. The number of nitrogens with one attached hydrogen (secondary N) is 1. The molecule has 1 aliphatic rings. The summed E-state index contributed by atoms with van der Waals surface area (Å²) in [7, 11) is 0. The van der Waals surface area contributed by atoms with Crippen molar-refractivity contribution in [3.63, 3.8) is 0 Å². The van der Waals surface area contributed by atoms with Crippen LogP contribution in [0.4, 0.5) is 10.1 Å². The van der Waals surface area contributed by atoms with Crippen LogP contribution >= 0.6 is 0 Å². The van der Waals surface area contributed by atoms with Crippen LogP contribution in [0.25, 0.3) is 0 Å². The van der Waals surface area contributed by atoms with E-state index >= 15 is 0 Å². The highest BCUT2D eigenvalue weighted by atomic mass is 19.1. The monoisotopic (exact) mass is 354 g/mol. The zero-order valence-electron chi connectivity index (χ0n) is 14.7. The molecule has 0 saturated carbocycles. The van der Waals surface area contributed by atoms with Crippen molar-refractivity contribution in [3.05, 3.63) is 65.5 Å². The van der Waals surface area contributed by atoms with E-state index in [0.29, 0.717) is 31.4 Å². The summed E-state index contributed by atoms with van der Waals surface area (Å²) in [4.78, 5) is 26.2. The molecule has 2 aromatic carbocycles. The van der Waals surface area contributed by atoms with Crippen LogP contribution in [0.5, 0.6) is 0 Å². The predicted molar refractivity (Wildman–Crippen MR) is 100.0 cm³/mol. The van der Waals surface area contributed by atoms with Crippen molar-refractivity contribution in [2.75, 3.05) is 24.5 Å². The number of carbonyl (C=O) groups is 2. The molecular weight excluding hydrogens is 331 g/mol. The maximum atomic E-state index is 12.9. The predicted octanol–water partition coefficient (Wildman–Crippen LogP) is 3.36. The van der Waals surface area contributed by atoms with E-state index in [1.807, 2.05) is 6.07 Å². The van der Waals surface area contributed by atoms with Gasteiger partial charge in [-0.1, -0.05) is 18.2 Å². The first-order valence-electron chi connectivity index (χ1n) is 9.02. The second-order valence-electron chi connectivity index (χ2n) is 6.50. The van der Waals surface area contributed by atoms with E-state index < -0.39 is 0 Å². The third-order valence-corrected chi connectivity index (χ3v) is 4.66. The van der Waals surface area contributed by atoms with Crippen LogP contribution in [0.3, 0.4) is 0 Å². The number of para-hydroxylation sites is 1. The van der Waals surface area contributed by atoms with Gasteiger partial charge in [-0.2, -0.15) is 0 Å². The molecule has 0 aliphatic carbocycles. The van der Waals surface area contributed by atoms with Gasteiger partial charge in [-0.25, -0.2) is 4.39 Å². The molecule has 1 N–H and O–H groups in total. The average molecular weight is 354 g/mol. The summed E-state index contributed by atoms with van der Waals surface area (Å²) in [5, 5.41) is 2.92. The van der Waals surface area contributed by atoms with Gasteiger partial charge in [0, 0.05) is 43.7 Å². The lowest BCUT2D eigenvalue weighted by Gasteiger charge is -2.19. The zero-order valence-corrected chi connectivity index (χ0v) is 14.7. The molecule has 0 unspecified atom stereocenters. The standard InChI is InChI=1S/C21H23FN2O2/c22-18-10-8-17(9-11-18)20(25)6-3-7-21(26)23-13-15-24-14-12-16-4-1-2-5-19(16)24/h1-2,4-5,8-11H,3,6-7,12-15H2,(H,23,26). The number of rotatable bonds is 8. The highest BCUT2D eigenvalue weighted by Gasteiger charge is 2.17. The van der Waals surface area contributed by atoms with Crippen LogP contribution in [0, 0.1) is 5.82 Å². The normalized spacial score (nSPS) is 12.7. The lowest BCUT2D eigenvalue weighted by atomic mass is 10.1. The van der Waals surface area contributed by atoms with E-state index in [-0.39, 0.29) is 17.5 Å². The number of amides is 1. The molecule has 0 aromatic heterocycles. The van der Waals surface area contributed by atoms with Crippen LogP contribution in [0.1, 0.15) is 35.2 Å². The third kappa shape index (κ3) is 4.69. The van der Waals surface area contributed by atoms with Gasteiger partial charge in [0.1, 0.15) is 5.82 Å². The number of nitrogens with zero attached hydrogens (tertiary/aromatic N) is 1. The second-order valence-corrected chi connectivity index (χ2v) is 6.50. The minimum absolute atomic E-state index is 0.0376. The lowest BCUT2D eigenvalue weighted by molar-refractivity contribution is -0.121. The van der Waals surface area contributed by atoms with Crippen molar-refractivity contribution in [2.45, 2.75) is 25.7 Å². The molecule has 1 aliphatic heterocycles. The summed E-state index contributed by atoms with van der Waals surface area (Å²) < 4.78 is 12.9. The Morgan fingerprint density at radius 3 is 2.62 bits per heavy atom.